The van der Waals surface area contributed by atoms with Gasteiger partial charge in [-0.2, -0.15) is 0 Å². The second-order valence-corrected chi connectivity index (χ2v) is 4.44. The van der Waals surface area contributed by atoms with Gasteiger partial charge < -0.3 is 9.92 Å². The first-order valence-electron chi connectivity index (χ1n) is 6.60. The average molecular weight is 317 g/mol. The summed E-state index contributed by atoms with van der Waals surface area (Å²) >= 11 is 0.898. The van der Waals surface area contributed by atoms with E-state index in [0.717, 1.165) is 12.2 Å². The van der Waals surface area contributed by atoms with E-state index in [1.165, 1.54) is 11.3 Å². The van der Waals surface area contributed by atoms with Crippen LogP contribution in [0.3, 0.4) is 0 Å². The van der Waals surface area contributed by atoms with Crippen LogP contribution in [0.25, 0.3) is 0 Å². The largest absolute Gasteiger partial charge is 0.416 e. The molecule has 0 aromatic carbocycles. The summed E-state index contributed by atoms with van der Waals surface area (Å²) < 4.78 is 5.12. The maximum absolute atomic E-state index is 11.2. The Labute approximate surface area is 135 Å². The molecule has 0 radical (unpaired) electrons. The molecule has 3 N–H and O–H groups in total. The van der Waals surface area contributed by atoms with Crippen LogP contribution in [0.1, 0.15) is 0 Å². The van der Waals surface area contributed by atoms with Crippen molar-refractivity contribution in [2.45, 2.75) is 0 Å². The molecule has 0 fully saturated rings. The van der Waals surface area contributed by atoms with Gasteiger partial charge in [0, 0.05) is 0 Å². The number of allylic oxidation sites excluding steroid dienone is 12. The van der Waals surface area contributed by atoms with Crippen LogP contribution in [0, 0.1) is 0 Å². The van der Waals surface area contributed by atoms with E-state index in [1.54, 1.807) is 12.2 Å². The quantitative estimate of drug-likeness (QED) is 0.531. The lowest BCUT2D eigenvalue weighted by Crippen LogP contribution is -2.42. The number of nitrogens with one attached hydrogen (secondary N) is 1. The lowest BCUT2D eigenvalue weighted by Gasteiger charge is -2.17. The molecule has 0 aromatic rings. The van der Waals surface area contributed by atoms with Crippen LogP contribution >= 0.6 is 12.2 Å². The van der Waals surface area contributed by atoms with Crippen molar-refractivity contribution in [1.29, 1.82) is 0 Å². The van der Waals surface area contributed by atoms with Crippen molar-refractivity contribution in [2.24, 2.45) is 5.73 Å². The Hall–Kier alpha value is -2.44. The summed E-state index contributed by atoms with van der Waals surface area (Å²) in [5.74, 6) is 0. The molecule has 1 aliphatic rings. The Morgan fingerprint density at radius 1 is 0.909 bits per heavy atom. The predicted molar refractivity (Wildman–Crippen MR) is 92.1 cm³/mol. The summed E-state index contributed by atoms with van der Waals surface area (Å²) in [6.07, 6.45) is 25.8. The highest BCUT2D eigenvalue weighted by atomic mass is 32.2. The number of amides is 2. The molecular formula is C16H19N3O2S. The Morgan fingerprint density at radius 3 is 1.95 bits per heavy atom. The van der Waals surface area contributed by atoms with E-state index in [1.807, 2.05) is 66.8 Å². The van der Waals surface area contributed by atoms with Gasteiger partial charge in [0.25, 0.3) is 0 Å². The van der Waals surface area contributed by atoms with Gasteiger partial charge in [0.15, 0.2) is 12.2 Å². The van der Waals surface area contributed by atoms with E-state index < -0.39 is 6.03 Å². The molecule has 0 aromatic heterocycles. The molecule has 0 unspecified atom stereocenters. The van der Waals surface area contributed by atoms with E-state index in [2.05, 4.69) is 4.83 Å². The first-order chi connectivity index (χ1) is 10.8. The standard InChI is InChI=1S/C16H19N3O2S/c17-16(20)19-14-12-10-8-6-4-2-1-3-5-7-9-11-13-15-21-22-18-19/h1-13,15,18H,14H2,(H2,17,20). The van der Waals surface area contributed by atoms with Gasteiger partial charge in [-0.25, -0.2) is 9.80 Å². The first kappa shape index (κ1) is 17.6. The molecule has 1 aliphatic heterocycles. The van der Waals surface area contributed by atoms with Crippen molar-refractivity contribution in [2.75, 3.05) is 6.54 Å². The van der Waals surface area contributed by atoms with Gasteiger partial charge in [-0.1, -0.05) is 72.9 Å². The third kappa shape index (κ3) is 9.46. The number of primary amides is 1. The number of urea groups is 1. The van der Waals surface area contributed by atoms with Crippen molar-refractivity contribution in [3.8, 4) is 0 Å². The highest BCUT2D eigenvalue weighted by Gasteiger charge is 2.06. The summed E-state index contributed by atoms with van der Waals surface area (Å²) in [6, 6.07) is -0.588. The molecule has 22 heavy (non-hydrogen) atoms. The second kappa shape index (κ2) is 12.3. The van der Waals surface area contributed by atoms with E-state index in [4.69, 9.17) is 9.92 Å². The summed E-state index contributed by atoms with van der Waals surface area (Å²) in [6.45, 7) is 0.327. The molecule has 0 saturated heterocycles. The van der Waals surface area contributed by atoms with Crippen molar-refractivity contribution in [3.63, 3.8) is 0 Å². The lowest BCUT2D eigenvalue weighted by molar-refractivity contribution is 0.206. The van der Waals surface area contributed by atoms with E-state index in [9.17, 15) is 4.79 Å². The Morgan fingerprint density at radius 2 is 1.41 bits per heavy atom. The van der Waals surface area contributed by atoms with Crippen LogP contribution in [0.5, 0.6) is 0 Å². The molecule has 0 atom stereocenters. The number of hydrogen-bond acceptors (Lipinski definition) is 4. The molecule has 0 spiro atoms. The smallest absolute Gasteiger partial charge is 0.330 e. The molecule has 116 valence electrons. The summed E-state index contributed by atoms with van der Waals surface area (Å²) in [7, 11) is 0. The molecule has 1 rings (SSSR count). The van der Waals surface area contributed by atoms with Gasteiger partial charge in [0.05, 0.1) is 6.54 Å². The van der Waals surface area contributed by atoms with Gasteiger partial charge in [0.2, 0.25) is 0 Å². The fourth-order valence-electron chi connectivity index (χ4n) is 1.23. The maximum atomic E-state index is 11.2. The number of carbonyl (C=O) groups excluding carboxylic acids is 1. The first-order valence-corrected chi connectivity index (χ1v) is 7.35. The number of hydrogen-bond donors (Lipinski definition) is 2. The molecule has 5 nitrogen and oxygen atoms in total. The van der Waals surface area contributed by atoms with Crippen LogP contribution in [0.4, 0.5) is 4.79 Å². The minimum Gasteiger partial charge on any atom is -0.416 e. The molecule has 2 amide bonds. The third-order valence-corrected chi connectivity index (χ3v) is 2.74. The van der Waals surface area contributed by atoms with Crippen molar-refractivity contribution >= 4 is 18.3 Å². The monoisotopic (exact) mass is 317 g/mol. The lowest BCUT2D eigenvalue weighted by atomic mass is 10.3. The molecule has 1 heterocycles. The third-order valence-electron chi connectivity index (χ3n) is 2.24. The van der Waals surface area contributed by atoms with Crippen LogP contribution in [-0.4, -0.2) is 17.6 Å². The molecule has 0 saturated carbocycles. The Kier molecular flexibility index (Phi) is 9.86. The Bertz CT molecular complexity index is 532. The normalized spacial score (nSPS) is 16.8. The zero-order valence-corrected chi connectivity index (χ0v) is 12.9. The highest BCUT2D eigenvalue weighted by Crippen LogP contribution is 2.00. The zero-order valence-electron chi connectivity index (χ0n) is 12.0. The number of carbonyl (C=O) groups is 1. The fraction of sp³-hybridized carbons (Fsp3) is 0.0625. The SMILES string of the molecule is NC(=O)N1CC=CC=CC=CC=CC=CC=CC=COSN1. The minimum atomic E-state index is -0.588. The van der Waals surface area contributed by atoms with Gasteiger partial charge in [-0.05, 0) is 6.08 Å². The molecule has 6 heteroatoms. The molecule has 0 bridgehead atoms. The topological polar surface area (TPSA) is 67.6 Å². The zero-order chi connectivity index (χ0) is 15.9. The van der Waals surface area contributed by atoms with Gasteiger partial charge in [0.1, 0.15) is 6.26 Å². The molecule has 0 aliphatic carbocycles. The van der Waals surface area contributed by atoms with E-state index in [-0.39, 0.29) is 0 Å². The number of nitrogens with two attached hydrogens (primary N) is 1. The van der Waals surface area contributed by atoms with Crippen LogP contribution in [-0.2, 0) is 4.18 Å². The molecular weight excluding hydrogens is 298 g/mol. The van der Waals surface area contributed by atoms with Crippen LogP contribution < -0.4 is 10.6 Å². The van der Waals surface area contributed by atoms with Crippen molar-refractivity contribution < 1.29 is 8.98 Å². The Balaban J connectivity index is 2.66. The second-order valence-electron chi connectivity index (χ2n) is 3.90. The minimum absolute atomic E-state index is 0.327. The summed E-state index contributed by atoms with van der Waals surface area (Å²) in [5, 5.41) is 1.23. The highest BCUT2D eigenvalue weighted by molar-refractivity contribution is 7.92. The van der Waals surface area contributed by atoms with Gasteiger partial charge in [-0.15, -0.1) is 4.83 Å². The van der Waals surface area contributed by atoms with Crippen LogP contribution in [0.15, 0.2) is 85.3 Å². The van der Waals surface area contributed by atoms with E-state index >= 15 is 0 Å². The van der Waals surface area contributed by atoms with E-state index in [0.29, 0.717) is 6.54 Å². The maximum Gasteiger partial charge on any atom is 0.330 e. The van der Waals surface area contributed by atoms with Crippen molar-refractivity contribution in [1.82, 2.24) is 9.84 Å². The van der Waals surface area contributed by atoms with Gasteiger partial charge >= 0.3 is 6.03 Å². The van der Waals surface area contributed by atoms with Gasteiger partial charge in [-0.3, -0.25) is 0 Å². The number of nitrogens with zero attached hydrogens (tertiary/aromatic N) is 1. The fourth-order valence-corrected chi connectivity index (χ4v) is 1.65. The summed E-state index contributed by atoms with van der Waals surface area (Å²) in [5.41, 5.74) is 5.25. The summed E-state index contributed by atoms with van der Waals surface area (Å²) in [4.78, 5) is 13.9. The number of hydrazine groups is 1. The number of rotatable bonds is 0. The predicted octanol–water partition coefficient (Wildman–Crippen LogP) is 3.32. The van der Waals surface area contributed by atoms with Crippen LogP contribution in [0.2, 0.25) is 0 Å². The van der Waals surface area contributed by atoms with Crippen molar-refractivity contribution in [3.05, 3.63) is 85.3 Å². The average Bonchev–Trinajstić information content (AvgIpc) is 2.50.